The van der Waals surface area contributed by atoms with Crippen molar-refractivity contribution < 1.29 is 33.0 Å². The quantitative estimate of drug-likeness (QED) is 0.118. The second kappa shape index (κ2) is 16.3. The molecule has 2 unspecified atom stereocenters. The van der Waals surface area contributed by atoms with Crippen LogP contribution in [0.15, 0.2) is 53.0 Å². The number of likely N-dealkylation sites (tertiary alicyclic amines) is 1. The first-order valence-corrected chi connectivity index (χ1v) is 19.5. The molecule has 0 saturated carbocycles. The molecule has 55 heavy (non-hydrogen) atoms. The summed E-state index contributed by atoms with van der Waals surface area (Å²) >= 11 is 3.55. The first-order chi connectivity index (χ1) is 26.5. The summed E-state index contributed by atoms with van der Waals surface area (Å²) in [6.45, 7) is 5.59. The van der Waals surface area contributed by atoms with E-state index in [4.69, 9.17) is 9.47 Å². The number of amides is 4. The van der Waals surface area contributed by atoms with Crippen LogP contribution in [0.2, 0.25) is 0 Å². The van der Waals surface area contributed by atoms with E-state index in [2.05, 4.69) is 55.6 Å². The lowest BCUT2D eigenvalue weighted by molar-refractivity contribution is -0.137. The summed E-state index contributed by atoms with van der Waals surface area (Å²) in [5, 5.41) is 6.65. The maximum Gasteiger partial charge on any atom is 0.255 e. The predicted octanol–water partition coefficient (Wildman–Crippen LogP) is 6.74. The van der Waals surface area contributed by atoms with Crippen LogP contribution in [0, 0.1) is 12.7 Å². The Morgan fingerprint density at radius 2 is 1.85 bits per heavy atom. The number of aryl methyl sites for hydroxylation is 1. The summed E-state index contributed by atoms with van der Waals surface area (Å²) in [6.07, 6.45) is 3.37. The second-order valence-electron chi connectivity index (χ2n) is 14.4. The van der Waals surface area contributed by atoms with Gasteiger partial charge in [0, 0.05) is 54.0 Å². The number of anilines is 1. The molecule has 4 heterocycles. The van der Waals surface area contributed by atoms with E-state index in [1.165, 1.54) is 17.0 Å². The van der Waals surface area contributed by atoms with Crippen molar-refractivity contribution in [2.45, 2.75) is 83.3 Å². The third kappa shape index (κ3) is 8.29. The number of ether oxygens (including phenoxy) is 2. The fraction of sp³-hybridized carbons (Fsp3) is 0.415. The molecule has 288 valence electrons. The number of carbonyl (C=O) groups is 4. The van der Waals surface area contributed by atoms with Crippen LogP contribution in [0.25, 0.3) is 10.9 Å². The zero-order valence-electron chi connectivity index (χ0n) is 31.1. The molecular weight excluding hydrogens is 771 g/mol. The van der Waals surface area contributed by atoms with Crippen LogP contribution in [-0.4, -0.2) is 76.2 Å². The van der Waals surface area contributed by atoms with Crippen molar-refractivity contribution in [2.24, 2.45) is 0 Å². The van der Waals surface area contributed by atoms with Gasteiger partial charge in [0.15, 0.2) is 11.5 Å². The van der Waals surface area contributed by atoms with Crippen molar-refractivity contribution in [2.75, 3.05) is 32.1 Å². The maximum absolute atomic E-state index is 14.8. The van der Waals surface area contributed by atoms with Gasteiger partial charge < -0.3 is 24.6 Å². The number of hydrogen-bond acceptors (Lipinski definition) is 9. The van der Waals surface area contributed by atoms with E-state index in [1.807, 2.05) is 36.1 Å². The Labute approximate surface area is 327 Å². The van der Waals surface area contributed by atoms with Gasteiger partial charge in [-0.05, 0) is 98.9 Å². The molecule has 12 nitrogen and oxygen atoms in total. The molecule has 0 bridgehead atoms. The van der Waals surface area contributed by atoms with Crippen LogP contribution in [0.5, 0.6) is 11.5 Å². The van der Waals surface area contributed by atoms with Crippen LogP contribution in [0.3, 0.4) is 0 Å². The van der Waals surface area contributed by atoms with Crippen molar-refractivity contribution in [1.29, 1.82) is 0 Å². The number of aromatic nitrogens is 2. The van der Waals surface area contributed by atoms with Gasteiger partial charge in [-0.15, -0.1) is 0 Å². The van der Waals surface area contributed by atoms with Gasteiger partial charge in [0.25, 0.3) is 5.91 Å². The summed E-state index contributed by atoms with van der Waals surface area (Å²) in [7, 11) is 1.60. The first kappa shape index (κ1) is 38.2. The molecule has 0 radical (unpaired) electrons. The summed E-state index contributed by atoms with van der Waals surface area (Å²) in [5.41, 5.74) is 3.60. The SMILES string of the molecule is COc1cc2c(NC(C)c3cccc(Br)c3)nc(C)nc2cc1OCCCCC(=O)N1CCC(c2cc(F)cc3c2CN(C2CCC(=O)NC2=O)C3=O)CC1. The Bertz CT molecular complexity index is 2160. The lowest BCUT2D eigenvalue weighted by atomic mass is 9.85. The van der Waals surface area contributed by atoms with Crippen molar-refractivity contribution >= 4 is 56.3 Å². The topological polar surface area (TPSA) is 143 Å². The Hall–Kier alpha value is -5.11. The monoisotopic (exact) mass is 814 g/mol. The number of methoxy groups -OCH3 is 1. The van der Waals surface area contributed by atoms with Gasteiger partial charge >= 0.3 is 0 Å². The van der Waals surface area contributed by atoms with E-state index < -0.39 is 23.7 Å². The van der Waals surface area contributed by atoms with E-state index in [1.54, 1.807) is 7.11 Å². The molecule has 3 aromatic carbocycles. The molecular formula is C41H44BrFN6O6. The fourth-order valence-electron chi connectivity index (χ4n) is 7.88. The fourth-order valence-corrected chi connectivity index (χ4v) is 8.29. The number of fused-ring (bicyclic) bond motifs is 2. The molecule has 0 aliphatic carbocycles. The number of halogens is 2. The molecule has 4 aromatic rings. The highest BCUT2D eigenvalue weighted by molar-refractivity contribution is 9.10. The number of nitrogens with one attached hydrogen (secondary N) is 2. The molecule has 0 spiro atoms. The lowest BCUT2D eigenvalue weighted by Gasteiger charge is -2.33. The summed E-state index contributed by atoms with van der Waals surface area (Å²) in [5.74, 6) is 0.754. The molecule has 4 amide bonds. The molecule has 2 atom stereocenters. The highest BCUT2D eigenvalue weighted by Gasteiger charge is 2.41. The minimum absolute atomic E-state index is 0.00740. The van der Waals surface area contributed by atoms with Crippen LogP contribution in [0.1, 0.15) is 96.7 Å². The number of carbonyl (C=O) groups excluding carboxylic acids is 4. The van der Waals surface area contributed by atoms with Gasteiger partial charge in [-0.3, -0.25) is 24.5 Å². The average molecular weight is 816 g/mol. The largest absolute Gasteiger partial charge is 0.493 e. The lowest BCUT2D eigenvalue weighted by Crippen LogP contribution is -2.52. The molecule has 1 aromatic heterocycles. The van der Waals surface area contributed by atoms with Gasteiger partial charge in [-0.25, -0.2) is 14.4 Å². The van der Waals surface area contributed by atoms with E-state index in [0.29, 0.717) is 74.9 Å². The molecule has 7 rings (SSSR count). The van der Waals surface area contributed by atoms with E-state index in [0.717, 1.165) is 32.1 Å². The molecule has 3 aliphatic heterocycles. The van der Waals surface area contributed by atoms with Crippen LogP contribution in [0.4, 0.5) is 10.2 Å². The number of unbranched alkanes of at least 4 members (excludes halogenated alkanes) is 1. The Morgan fingerprint density at radius 3 is 2.60 bits per heavy atom. The highest BCUT2D eigenvalue weighted by Crippen LogP contribution is 2.39. The summed E-state index contributed by atoms with van der Waals surface area (Å²) < 4.78 is 27.7. The zero-order chi connectivity index (χ0) is 38.8. The minimum Gasteiger partial charge on any atom is -0.493 e. The highest BCUT2D eigenvalue weighted by atomic mass is 79.9. The Balaban J connectivity index is 0.910. The van der Waals surface area contributed by atoms with Gasteiger partial charge in [-0.1, -0.05) is 28.1 Å². The Kier molecular flexibility index (Phi) is 11.3. The number of benzene rings is 3. The number of rotatable bonds is 12. The molecule has 2 saturated heterocycles. The van der Waals surface area contributed by atoms with Crippen LogP contribution in [-0.2, 0) is 20.9 Å². The van der Waals surface area contributed by atoms with Crippen molar-refractivity contribution in [3.63, 3.8) is 0 Å². The van der Waals surface area contributed by atoms with Gasteiger partial charge in [-0.2, -0.15) is 0 Å². The number of hydrogen-bond donors (Lipinski definition) is 2. The Morgan fingerprint density at radius 1 is 1.05 bits per heavy atom. The summed E-state index contributed by atoms with van der Waals surface area (Å²) in [4.78, 5) is 63.3. The third-order valence-electron chi connectivity index (χ3n) is 10.8. The number of nitrogens with zero attached hydrogens (tertiary/aromatic N) is 4. The molecule has 14 heteroatoms. The first-order valence-electron chi connectivity index (χ1n) is 18.7. The minimum atomic E-state index is -0.764. The standard InChI is InChI=1S/C41H44BrFN6O6/c1-23(26-7-6-8-27(42)17-26)44-39-31-20-35(54-3)36(21-33(31)45-24(2)46-39)55-16-5-4-9-38(51)48-14-12-25(13-15-48)29-18-28(43)19-30-32(29)22-49(41(30)53)34-10-11-37(50)47-40(34)52/h6-8,17-21,23,25,34H,4-5,9-16,22H2,1-3H3,(H,44,45,46)(H,47,50,52). The van der Waals surface area contributed by atoms with Gasteiger partial charge in [0.05, 0.1) is 25.3 Å². The van der Waals surface area contributed by atoms with Crippen molar-refractivity contribution in [1.82, 2.24) is 25.1 Å². The zero-order valence-corrected chi connectivity index (χ0v) is 32.7. The smallest absolute Gasteiger partial charge is 0.255 e. The van der Waals surface area contributed by atoms with Crippen molar-refractivity contribution in [3.05, 3.63) is 86.9 Å². The third-order valence-corrected chi connectivity index (χ3v) is 11.3. The normalized spacial score (nSPS) is 18.0. The number of imide groups is 1. The van der Waals surface area contributed by atoms with Gasteiger partial charge in [0.1, 0.15) is 23.5 Å². The van der Waals surface area contributed by atoms with Crippen molar-refractivity contribution in [3.8, 4) is 11.5 Å². The van der Waals surface area contributed by atoms with E-state index in [9.17, 15) is 23.6 Å². The predicted molar refractivity (Wildman–Crippen MR) is 207 cm³/mol. The van der Waals surface area contributed by atoms with Crippen LogP contribution < -0.4 is 20.1 Å². The van der Waals surface area contributed by atoms with Crippen LogP contribution >= 0.6 is 15.9 Å². The van der Waals surface area contributed by atoms with Gasteiger partial charge in [0.2, 0.25) is 17.7 Å². The number of piperidine rings is 2. The van der Waals surface area contributed by atoms with E-state index in [-0.39, 0.29) is 48.7 Å². The average Bonchev–Trinajstić information content (AvgIpc) is 3.49. The molecule has 2 fully saturated rings. The molecule has 3 aliphatic rings. The summed E-state index contributed by atoms with van der Waals surface area (Å²) in [6, 6.07) is 13.8. The van der Waals surface area contributed by atoms with E-state index >= 15 is 0 Å². The molecule has 2 N–H and O–H groups in total. The maximum atomic E-state index is 14.8. The second-order valence-corrected chi connectivity index (χ2v) is 15.4.